The average Bonchev–Trinajstić information content (AvgIpc) is 3.25. The topological polar surface area (TPSA) is 64.2 Å². The Morgan fingerprint density at radius 3 is 3.10 bits per heavy atom. The van der Waals surface area contributed by atoms with E-state index in [1.807, 2.05) is 21.8 Å². The van der Waals surface area contributed by atoms with Gasteiger partial charge in [0.05, 0.1) is 11.7 Å². The van der Waals surface area contributed by atoms with Gasteiger partial charge in [0.2, 0.25) is 5.76 Å². The van der Waals surface area contributed by atoms with Crippen molar-refractivity contribution in [2.45, 2.75) is 38.1 Å². The number of carbonyl (C=O) groups is 1. The van der Waals surface area contributed by atoms with Crippen molar-refractivity contribution in [2.75, 3.05) is 13.1 Å². The summed E-state index contributed by atoms with van der Waals surface area (Å²) in [5, 5.41) is 8.35. The lowest BCUT2D eigenvalue weighted by Gasteiger charge is -2.16. The molecule has 0 radical (unpaired) electrons. The van der Waals surface area contributed by atoms with E-state index in [2.05, 4.69) is 10.3 Å². The Balaban J connectivity index is 1.52. The highest BCUT2D eigenvalue weighted by Gasteiger charge is 2.33. The fourth-order valence-electron chi connectivity index (χ4n) is 3.34. The largest absolute Gasteiger partial charge is 0.350 e. The molecule has 2 aromatic rings. The molecule has 6 nitrogen and oxygen atoms in total. The van der Waals surface area contributed by atoms with Crippen molar-refractivity contribution in [3.05, 3.63) is 35.5 Å². The maximum atomic E-state index is 12.7. The summed E-state index contributed by atoms with van der Waals surface area (Å²) in [6, 6.07) is 2.18. The Morgan fingerprint density at radius 1 is 1.33 bits per heavy atom. The number of aryl methyl sites for hydroxylation is 1. The summed E-state index contributed by atoms with van der Waals surface area (Å²) in [4.78, 5) is 14.5. The SMILES string of the molecule is O=C(c1onc2c1CCCC2)N1CCC(n2cccn2)C1. The lowest BCUT2D eigenvalue weighted by Crippen LogP contribution is -2.29. The van der Waals surface area contributed by atoms with E-state index >= 15 is 0 Å². The van der Waals surface area contributed by atoms with Crippen LogP contribution in [0.1, 0.15) is 47.1 Å². The number of carbonyl (C=O) groups excluding carboxylic acids is 1. The number of aromatic nitrogens is 3. The smallest absolute Gasteiger partial charge is 0.292 e. The van der Waals surface area contributed by atoms with E-state index in [1.54, 1.807) is 6.20 Å². The first-order valence-electron chi connectivity index (χ1n) is 7.59. The summed E-state index contributed by atoms with van der Waals surface area (Å²) in [7, 11) is 0. The molecule has 0 N–H and O–H groups in total. The Morgan fingerprint density at radius 2 is 2.24 bits per heavy atom. The van der Waals surface area contributed by atoms with E-state index < -0.39 is 0 Å². The van der Waals surface area contributed by atoms with Gasteiger partial charge in [0.1, 0.15) is 0 Å². The third-order valence-electron chi connectivity index (χ3n) is 4.50. The summed E-state index contributed by atoms with van der Waals surface area (Å²) in [6.45, 7) is 1.44. The Hall–Kier alpha value is -2.11. The molecule has 3 heterocycles. The zero-order valence-corrected chi connectivity index (χ0v) is 11.9. The van der Waals surface area contributed by atoms with Crippen LogP contribution in [0.25, 0.3) is 0 Å². The highest BCUT2D eigenvalue weighted by molar-refractivity contribution is 5.93. The molecular formula is C15H18N4O2. The van der Waals surface area contributed by atoms with Crippen LogP contribution in [0.5, 0.6) is 0 Å². The first kappa shape index (κ1) is 12.6. The number of hydrogen-bond donors (Lipinski definition) is 0. The molecule has 0 saturated carbocycles. The number of likely N-dealkylation sites (tertiary alicyclic amines) is 1. The Bertz CT molecular complexity index is 647. The summed E-state index contributed by atoms with van der Waals surface area (Å²) >= 11 is 0. The van der Waals surface area contributed by atoms with Crippen LogP contribution in [-0.4, -0.2) is 38.8 Å². The van der Waals surface area contributed by atoms with E-state index in [0.29, 0.717) is 12.3 Å². The molecule has 2 aromatic heterocycles. The zero-order valence-electron chi connectivity index (χ0n) is 11.9. The second kappa shape index (κ2) is 5.02. The molecule has 1 aliphatic carbocycles. The van der Waals surface area contributed by atoms with Gasteiger partial charge in [0.25, 0.3) is 5.91 Å². The third kappa shape index (κ3) is 2.14. The monoisotopic (exact) mass is 286 g/mol. The fourth-order valence-corrected chi connectivity index (χ4v) is 3.34. The van der Waals surface area contributed by atoms with E-state index in [4.69, 9.17) is 4.52 Å². The van der Waals surface area contributed by atoms with Crippen LogP contribution >= 0.6 is 0 Å². The van der Waals surface area contributed by atoms with E-state index in [1.165, 1.54) is 0 Å². The molecule has 1 aliphatic heterocycles. The van der Waals surface area contributed by atoms with Crippen molar-refractivity contribution in [1.82, 2.24) is 19.8 Å². The zero-order chi connectivity index (χ0) is 14.2. The first-order chi connectivity index (χ1) is 10.3. The highest BCUT2D eigenvalue weighted by Crippen LogP contribution is 2.27. The predicted octanol–water partition coefficient (Wildman–Crippen LogP) is 1.84. The molecule has 0 bridgehead atoms. The predicted molar refractivity (Wildman–Crippen MR) is 74.9 cm³/mol. The normalized spacial score (nSPS) is 21.5. The summed E-state index contributed by atoms with van der Waals surface area (Å²) in [5.74, 6) is 0.450. The van der Waals surface area contributed by atoms with Crippen molar-refractivity contribution >= 4 is 5.91 Å². The Labute approximate surface area is 122 Å². The second-order valence-corrected chi connectivity index (χ2v) is 5.82. The van der Waals surface area contributed by atoms with E-state index in [9.17, 15) is 4.79 Å². The van der Waals surface area contributed by atoms with Gasteiger partial charge < -0.3 is 9.42 Å². The number of nitrogens with zero attached hydrogens (tertiary/aromatic N) is 4. The van der Waals surface area contributed by atoms with Gasteiger partial charge in [0.15, 0.2) is 0 Å². The summed E-state index contributed by atoms with van der Waals surface area (Å²) in [6.07, 6.45) is 8.76. The van der Waals surface area contributed by atoms with Gasteiger partial charge in [-0.2, -0.15) is 5.10 Å². The maximum Gasteiger partial charge on any atom is 0.292 e. The number of rotatable bonds is 2. The molecule has 21 heavy (non-hydrogen) atoms. The highest BCUT2D eigenvalue weighted by atomic mass is 16.5. The van der Waals surface area contributed by atoms with Crippen LogP contribution in [0.2, 0.25) is 0 Å². The van der Waals surface area contributed by atoms with Gasteiger partial charge in [0, 0.05) is 31.0 Å². The van der Waals surface area contributed by atoms with Crippen LogP contribution < -0.4 is 0 Å². The standard InChI is InChI=1S/C15H18N4O2/c20-15(14-12-4-1-2-5-13(12)17-21-14)18-9-6-11(10-18)19-8-3-7-16-19/h3,7-8,11H,1-2,4-6,9-10H2. The molecular weight excluding hydrogens is 268 g/mol. The minimum atomic E-state index is -0.0136. The quantitative estimate of drug-likeness (QED) is 0.845. The lowest BCUT2D eigenvalue weighted by atomic mass is 9.96. The molecule has 1 amide bonds. The lowest BCUT2D eigenvalue weighted by molar-refractivity contribution is 0.0744. The van der Waals surface area contributed by atoms with Crippen molar-refractivity contribution in [2.24, 2.45) is 0 Å². The van der Waals surface area contributed by atoms with Gasteiger partial charge in [-0.1, -0.05) is 5.16 Å². The molecule has 1 saturated heterocycles. The first-order valence-corrected chi connectivity index (χ1v) is 7.59. The summed E-state index contributed by atoms with van der Waals surface area (Å²) in [5.41, 5.74) is 2.02. The van der Waals surface area contributed by atoms with Crippen molar-refractivity contribution in [3.8, 4) is 0 Å². The van der Waals surface area contributed by atoms with Gasteiger partial charge in [-0.05, 0) is 38.2 Å². The number of amides is 1. The van der Waals surface area contributed by atoms with Gasteiger partial charge in [-0.25, -0.2) is 0 Å². The number of fused-ring (bicyclic) bond motifs is 1. The molecule has 1 atom stereocenters. The molecule has 6 heteroatoms. The molecule has 2 aliphatic rings. The third-order valence-corrected chi connectivity index (χ3v) is 4.50. The number of hydrogen-bond acceptors (Lipinski definition) is 4. The van der Waals surface area contributed by atoms with Gasteiger partial charge in [-0.3, -0.25) is 9.48 Å². The summed E-state index contributed by atoms with van der Waals surface area (Å²) < 4.78 is 7.29. The van der Waals surface area contributed by atoms with E-state index in [-0.39, 0.29) is 11.9 Å². The maximum absolute atomic E-state index is 12.7. The van der Waals surface area contributed by atoms with Crippen LogP contribution in [0.3, 0.4) is 0 Å². The van der Waals surface area contributed by atoms with Crippen molar-refractivity contribution < 1.29 is 9.32 Å². The van der Waals surface area contributed by atoms with Gasteiger partial charge in [-0.15, -0.1) is 0 Å². The second-order valence-electron chi connectivity index (χ2n) is 5.82. The van der Waals surface area contributed by atoms with Crippen LogP contribution in [0, 0.1) is 0 Å². The molecule has 4 rings (SSSR count). The average molecular weight is 286 g/mol. The van der Waals surface area contributed by atoms with Crippen LogP contribution in [0.4, 0.5) is 0 Å². The molecule has 1 unspecified atom stereocenters. The molecule has 110 valence electrons. The minimum Gasteiger partial charge on any atom is -0.350 e. The minimum absolute atomic E-state index is 0.0136. The Kier molecular flexibility index (Phi) is 3.02. The molecule has 0 aromatic carbocycles. The molecule has 0 spiro atoms. The van der Waals surface area contributed by atoms with Gasteiger partial charge >= 0.3 is 0 Å². The van der Waals surface area contributed by atoms with Crippen LogP contribution in [0.15, 0.2) is 23.0 Å². The van der Waals surface area contributed by atoms with E-state index in [0.717, 1.165) is 49.9 Å². The molecule has 1 fully saturated rings. The van der Waals surface area contributed by atoms with Crippen molar-refractivity contribution in [1.29, 1.82) is 0 Å². The van der Waals surface area contributed by atoms with Crippen molar-refractivity contribution in [3.63, 3.8) is 0 Å². The van der Waals surface area contributed by atoms with Crippen LogP contribution in [-0.2, 0) is 12.8 Å². The fraction of sp³-hybridized carbons (Fsp3) is 0.533.